The van der Waals surface area contributed by atoms with E-state index >= 15 is 0 Å². The third-order valence-electron chi connectivity index (χ3n) is 5.70. The van der Waals surface area contributed by atoms with Gasteiger partial charge in [-0.25, -0.2) is 8.78 Å². The smallest absolute Gasteiger partial charge is 0.222 e. The molecule has 4 rings (SSSR count). The summed E-state index contributed by atoms with van der Waals surface area (Å²) >= 11 is 0. The number of ether oxygens (including phenoxy) is 1. The minimum atomic E-state index is -0.652. The molecule has 3 atom stereocenters. The Kier molecular flexibility index (Phi) is 5.71. The summed E-state index contributed by atoms with van der Waals surface area (Å²) in [6.07, 6.45) is 1.05. The number of fused-ring (bicyclic) bond motifs is 1. The van der Waals surface area contributed by atoms with Gasteiger partial charge in [0.05, 0.1) is 24.8 Å². The van der Waals surface area contributed by atoms with Crippen molar-refractivity contribution in [2.75, 3.05) is 24.6 Å². The molecule has 1 amide bonds. The van der Waals surface area contributed by atoms with Gasteiger partial charge in [-0.2, -0.15) is 5.10 Å². The first-order chi connectivity index (χ1) is 14.0. The molecule has 0 aliphatic carbocycles. The summed E-state index contributed by atoms with van der Waals surface area (Å²) in [5.74, 6) is 0.0659. The van der Waals surface area contributed by atoms with Crippen LogP contribution in [0, 0.1) is 30.4 Å². The Balaban J connectivity index is 1.29. The fourth-order valence-corrected chi connectivity index (χ4v) is 4.23. The number of benzene rings is 1. The molecule has 0 saturated carbocycles. The molecule has 2 aliphatic rings. The minimum absolute atomic E-state index is 0.0915. The van der Waals surface area contributed by atoms with Crippen molar-refractivity contribution < 1.29 is 18.3 Å². The Hall–Kier alpha value is -2.61. The van der Waals surface area contributed by atoms with Crippen LogP contribution in [0.15, 0.2) is 30.3 Å². The minimum Gasteiger partial charge on any atom is -0.377 e. The highest BCUT2D eigenvalue weighted by atomic mass is 19.1. The first kappa shape index (κ1) is 19.7. The number of nitrogens with one attached hydrogen (secondary N) is 1. The van der Waals surface area contributed by atoms with Crippen LogP contribution in [0.25, 0.3) is 0 Å². The number of rotatable bonds is 5. The maximum atomic E-state index is 13.3. The van der Waals surface area contributed by atoms with Crippen molar-refractivity contribution >= 4 is 11.7 Å². The average Bonchev–Trinajstić information content (AvgIpc) is 3.08. The van der Waals surface area contributed by atoms with Gasteiger partial charge in [-0.3, -0.25) is 4.79 Å². The fraction of sp³-hybridized carbons (Fsp3) is 0.476. The van der Waals surface area contributed by atoms with E-state index < -0.39 is 11.6 Å². The number of carbonyl (C=O) groups is 1. The van der Waals surface area contributed by atoms with Crippen molar-refractivity contribution in [3.05, 3.63) is 53.2 Å². The van der Waals surface area contributed by atoms with E-state index in [2.05, 4.69) is 20.4 Å². The molecule has 29 heavy (non-hydrogen) atoms. The topological polar surface area (TPSA) is 67.3 Å². The molecule has 3 heterocycles. The van der Waals surface area contributed by atoms with E-state index in [4.69, 9.17) is 4.74 Å². The predicted molar refractivity (Wildman–Crippen MR) is 103 cm³/mol. The van der Waals surface area contributed by atoms with E-state index in [1.54, 1.807) is 0 Å². The molecule has 8 heteroatoms. The first-order valence-electron chi connectivity index (χ1n) is 9.86. The van der Waals surface area contributed by atoms with Gasteiger partial charge in [-0.15, -0.1) is 5.10 Å². The third-order valence-corrected chi connectivity index (χ3v) is 5.70. The molecule has 2 fully saturated rings. The number of amides is 1. The van der Waals surface area contributed by atoms with Crippen LogP contribution in [0.4, 0.5) is 14.6 Å². The van der Waals surface area contributed by atoms with Gasteiger partial charge in [0.2, 0.25) is 5.91 Å². The summed E-state index contributed by atoms with van der Waals surface area (Å²) < 4.78 is 32.4. The molecule has 0 unspecified atom stereocenters. The van der Waals surface area contributed by atoms with Crippen LogP contribution >= 0.6 is 0 Å². The van der Waals surface area contributed by atoms with Gasteiger partial charge in [0.25, 0.3) is 0 Å². The van der Waals surface area contributed by atoms with Gasteiger partial charge in [0.15, 0.2) is 5.82 Å². The van der Waals surface area contributed by atoms with E-state index in [1.807, 2.05) is 19.1 Å². The molecule has 2 saturated heterocycles. The van der Waals surface area contributed by atoms with Crippen molar-refractivity contribution in [2.24, 2.45) is 11.8 Å². The lowest BCUT2D eigenvalue weighted by atomic mass is 9.83. The zero-order valence-electron chi connectivity index (χ0n) is 16.3. The monoisotopic (exact) mass is 402 g/mol. The highest BCUT2D eigenvalue weighted by molar-refractivity contribution is 5.76. The maximum Gasteiger partial charge on any atom is 0.222 e. The molecule has 2 aliphatic heterocycles. The number of nitrogens with zero attached hydrogens (tertiary/aromatic N) is 3. The quantitative estimate of drug-likeness (QED) is 0.833. The first-order valence-corrected chi connectivity index (χ1v) is 9.86. The van der Waals surface area contributed by atoms with Crippen LogP contribution in [0.3, 0.4) is 0 Å². The molecule has 2 aromatic rings. The Morgan fingerprint density at radius 3 is 2.76 bits per heavy atom. The van der Waals surface area contributed by atoms with Crippen molar-refractivity contribution in [1.29, 1.82) is 0 Å². The number of hydrogen-bond donors (Lipinski definition) is 1. The summed E-state index contributed by atoms with van der Waals surface area (Å²) in [5, 5.41) is 11.1. The Morgan fingerprint density at radius 2 is 2.03 bits per heavy atom. The van der Waals surface area contributed by atoms with E-state index in [0.29, 0.717) is 24.0 Å². The second kappa shape index (κ2) is 8.41. The Labute approximate surface area is 168 Å². The van der Waals surface area contributed by atoms with Crippen molar-refractivity contribution in [2.45, 2.75) is 32.4 Å². The normalized spacial score (nSPS) is 23.7. The highest BCUT2D eigenvalue weighted by Crippen LogP contribution is 2.36. The van der Waals surface area contributed by atoms with Gasteiger partial charge in [-0.1, -0.05) is 0 Å². The zero-order valence-corrected chi connectivity index (χ0v) is 16.3. The largest absolute Gasteiger partial charge is 0.377 e. The summed E-state index contributed by atoms with van der Waals surface area (Å²) in [4.78, 5) is 14.5. The molecule has 1 aromatic heterocycles. The molecule has 0 bridgehead atoms. The molecule has 0 radical (unpaired) electrons. The van der Waals surface area contributed by atoms with Crippen molar-refractivity contribution in [1.82, 2.24) is 15.5 Å². The highest BCUT2D eigenvalue weighted by Gasteiger charge is 2.41. The lowest BCUT2D eigenvalue weighted by Gasteiger charge is -2.36. The van der Waals surface area contributed by atoms with Gasteiger partial charge >= 0.3 is 0 Å². The van der Waals surface area contributed by atoms with E-state index in [9.17, 15) is 13.6 Å². The second-order valence-corrected chi connectivity index (χ2v) is 7.82. The predicted octanol–water partition coefficient (Wildman–Crippen LogP) is 2.61. The number of aryl methyl sites for hydroxylation is 1. The lowest BCUT2D eigenvalue weighted by molar-refractivity contribution is -0.123. The summed E-state index contributed by atoms with van der Waals surface area (Å²) in [6.45, 7) is 4.31. The number of anilines is 1. The number of halogens is 2. The van der Waals surface area contributed by atoms with Crippen LogP contribution in [-0.2, 0) is 16.1 Å². The molecule has 0 spiro atoms. The maximum absolute atomic E-state index is 13.3. The lowest BCUT2D eigenvalue weighted by Crippen LogP contribution is -2.42. The number of hydrogen-bond acceptors (Lipinski definition) is 5. The third kappa shape index (κ3) is 4.70. The van der Waals surface area contributed by atoms with Crippen LogP contribution in [-0.4, -0.2) is 41.9 Å². The second-order valence-electron chi connectivity index (χ2n) is 7.82. The van der Waals surface area contributed by atoms with E-state index in [0.717, 1.165) is 37.1 Å². The number of aromatic nitrogens is 2. The van der Waals surface area contributed by atoms with Crippen LogP contribution in [0.1, 0.15) is 24.1 Å². The molecular formula is C21H24F2N4O2. The number of piperidine rings is 1. The molecule has 6 nitrogen and oxygen atoms in total. The van der Waals surface area contributed by atoms with Gasteiger partial charge in [0, 0.05) is 31.6 Å². The van der Waals surface area contributed by atoms with Gasteiger partial charge in [0.1, 0.15) is 11.6 Å². The van der Waals surface area contributed by atoms with Gasteiger partial charge < -0.3 is 15.0 Å². The summed E-state index contributed by atoms with van der Waals surface area (Å²) in [6, 6.07) is 7.19. The van der Waals surface area contributed by atoms with E-state index in [-0.39, 0.29) is 25.0 Å². The van der Waals surface area contributed by atoms with Crippen molar-refractivity contribution in [3.63, 3.8) is 0 Å². The molecular weight excluding hydrogens is 378 g/mol. The molecule has 1 aromatic carbocycles. The molecule has 1 N–H and O–H groups in total. The zero-order chi connectivity index (χ0) is 20.4. The molecule has 154 valence electrons. The standard InChI is InChI=1S/C21H24F2N4O2/c1-13-2-3-20(26-25-13)27-5-4-18-15(11-27)12-29-19(18)9-21(28)24-10-14-6-16(22)8-17(23)7-14/h2-3,6-8,15,18-19H,4-5,9-12H2,1H3,(H,24,28)/t15-,18-,19+/m1/s1. The summed E-state index contributed by atoms with van der Waals surface area (Å²) in [7, 11) is 0. The van der Waals surface area contributed by atoms with Crippen LogP contribution in [0.2, 0.25) is 0 Å². The fourth-order valence-electron chi connectivity index (χ4n) is 4.23. The average molecular weight is 402 g/mol. The van der Waals surface area contributed by atoms with Crippen LogP contribution in [0.5, 0.6) is 0 Å². The summed E-state index contributed by atoms with van der Waals surface area (Å²) in [5.41, 5.74) is 1.29. The SMILES string of the molecule is Cc1ccc(N2CC[C@@H]3[C@@H](CO[C@H]3CC(=O)NCc3cc(F)cc(F)c3)C2)nn1. The van der Waals surface area contributed by atoms with Gasteiger partial charge in [-0.05, 0) is 49.1 Å². The van der Waals surface area contributed by atoms with E-state index in [1.165, 1.54) is 12.1 Å². The Bertz CT molecular complexity index is 857. The number of carbonyl (C=O) groups excluding carboxylic acids is 1. The Morgan fingerprint density at radius 1 is 1.24 bits per heavy atom. The van der Waals surface area contributed by atoms with Crippen molar-refractivity contribution in [3.8, 4) is 0 Å². The van der Waals surface area contributed by atoms with Crippen LogP contribution < -0.4 is 10.2 Å².